The number of hydrogen-bond acceptors (Lipinski definition) is 3. The third-order valence-corrected chi connectivity index (χ3v) is 2.13. The van der Waals surface area contributed by atoms with Crippen LogP contribution in [-0.4, -0.2) is 19.8 Å². The molecule has 0 aliphatic rings. The van der Waals surface area contributed by atoms with Gasteiger partial charge in [-0.3, -0.25) is 0 Å². The predicted octanol–water partition coefficient (Wildman–Crippen LogP) is 1.68. The topological polar surface area (TPSA) is 45.0 Å². The monoisotopic (exact) mass is 204 g/mol. The zero-order valence-electron chi connectivity index (χ0n) is 9.16. The van der Waals surface area contributed by atoms with Gasteiger partial charge in [-0.25, -0.2) is 0 Å². The number of nitrogens with zero attached hydrogens (tertiary/aromatic N) is 1. The van der Waals surface area contributed by atoms with Crippen molar-refractivity contribution in [1.82, 2.24) is 5.32 Å². The number of nitriles is 1. The molecule has 0 radical (unpaired) electrons. The predicted molar refractivity (Wildman–Crippen MR) is 59.3 cm³/mol. The number of rotatable bonds is 5. The Labute approximate surface area is 90.7 Å². The van der Waals surface area contributed by atoms with Gasteiger partial charge in [-0.2, -0.15) is 5.26 Å². The van der Waals surface area contributed by atoms with Crippen LogP contribution < -0.4 is 5.32 Å². The third-order valence-electron chi connectivity index (χ3n) is 2.13. The fourth-order valence-corrected chi connectivity index (χ4v) is 1.35. The molecule has 1 unspecified atom stereocenters. The lowest BCUT2D eigenvalue weighted by atomic mass is 10.1. The van der Waals surface area contributed by atoms with E-state index in [1.165, 1.54) is 0 Å². The van der Waals surface area contributed by atoms with Crippen LogP contribution in [0.3, 0.4) is 0 Å². The summed E-state index contributed by atoms with van der Waals surface area (Å²) in [5.41, 5.74) is 1.82. The SMILES string of the molecule is COCC(C)NCc1cccc(C#N)c1. The van der Waals surface area contributed by atoms with Gasteiger partial charge in [0.25, 0.3) is 0 Å². The molecule has 3 nitrogen and oxygen atoms in total. The van der Waals surface area contributed by atoms with Crippen LogP contribution in [0, 0.1) is 11.3 Å². The van der Waals surface area contributed by atoms with E-state index in [2.05, 4.69) is 18.3 Å². The normalized spacial score (nSPS) is 12.1. The molecule has 0 saturated carbocycles. The first-order valence-corrected chi connectivity index (χ1v) is 4.97. The molecule has 1 atom stereocenters. The largest absolute Gasteiger partial charge is 0.383 e. The zero-order valence-corrected chi connectivity index (χ0v) is 9.16. The Morgan fingerprint density at radius 1 is 1.53 bits per heavy atom. The smallest absolute Gasteiger partial charge is 0.0991 e. The van der Waals surface area contributed by atoms with E-state index in [4.69, 9.17) is 10.00 Å². The van der Waals surface area contributed by atoms with E-state index in [0.717, 1.165) is 12.1 Å². The molecule has 1 aromatic carbocycles. The Bertz CT molecular complexity index is 344. The lowest BCUT2D eigenvalue weighted by molar-refractivity contribution is 0.171. The molecule has 0 aromatic heterocycles. The standard InChI is InChI=1S/C12H16N2O/c1-10(9-15-2)14-8-12-5-3-4-11(6-12)7-13/h3-6,10,14H,8-9H2,1-2H3. The molecule has 80 valence electrons. The van der Waals surface area contributed by atoms with Gasteiger partial charge in [-0.15, -0.1) is 0 Å². The van der Waals surface area contributed by atoms with Gasteiger partial charge < -0.3 is 10.1 Å². The molecule has 0 amide bonds. The number of hydrogen-bond donors (Lipinski definition) is 1. The molecule has 0 bridgehead atoms. The second kappa shape index (κ2) is 6.18. The van der Waals surface area contributed by atoms with Gasteiger partial charge in [-0.1, -0.05) is 12.1 Å². The average Bonchev–Trinajstić information content (AvgIpc) is 2.27. The fraction of sp³-hybridized carbons (Fsp3) is 0.417. The lowest BCUT2D eigenvalue weighted by Crippen LogP contribution is -2.29. The highest BCUT2D eigenvalue weighted by atomic mass is 16.5. The second-order valence-electron chi connectivity index (χ2n) is 3.55. The number of benzene rings is 1. The second-order valence-corrected chi connectivity index (χ2v) is 3.55. The summed E-state index contributed by atoms with van der Waals surface area (Å²) in [5.74, 6) is 0. The number of ether oxygens (including phenoxy) is 1. The minimum atomic E-state index is 0.320. The van der Waals surface area contributed by atoms with Gasteiger partial charge >= 0.3 is 0 Å². The molecule has 0 spiro atoms. The molecule has 0 fully saturated rings. The summed E-state index contributed by atoms with van der Waals surface area (Å²) in [6, 6.07) is 10.1. The number of methoxy groups -OCH3 is 1. The minimum absolute atomic E-state index is 0.320. The maximum Gasteiger partial charge on any atom is 0.0991 e. The highest BCUT2D eigenvalue weighted by Crippen LogP contribution is 2.03. The van der Waals surface area contributed by atoms with Crippen molar-refractivity contribution in [1.29, 1.82) is 5.26 Å². The highest BCUT2D eigenvalue weighted by Gasteiger charge is 2.00. The highest BCUT2D eigenvalue weighted by molar-refractivity contribution is 5.32. The van der Waals surface area contributed by atoms with E-state index in [1.807, 2.05) is 24.3 Å². The summed E-state index contributed by atoms with van der Waals surface area (Å²) < 4.78 is 5.02. The Morgan fingerprint density at radius 3 is 3.00 bits per heavy atom. The maximum absolute atomic E-state index is 8.73. The fourth-order valence-electron chi connectivity index (χ4n) is 1.35. The molecule has 0 aliphatic heterocycles. The molecule has 1 N–H and O–H groups in total. The van der Waals surface area contributed by atoms with Crippen molar-refractivity contribution in [3.63, 3.8) is 0 Å². The van der Waals surface area contributed by atoms with Gasteiger partial charge in [-0.05, 0) is 24.6 Å². The molecule has 1 rings (SSSR count). The van der Waals surface area contributed by atoms with Gasteiger partial charge in [0.05, 0.1) is 18.2 Å². The van der Waals surface area contributed by atoms with Gasteiger partial charge in [0.15, 0.2) is 0 Å². The summed E-state index contributed by atoms with van der Waals surface area (Å²) in [6.07, 6.45) is 0. The van der Waals surface area contributed by atoms with E-state index in [-0.39, 0.29) is 0 Å². The van der Waals surface area contributed by atoms with Crippen LogP contribution in [0.4, 0.5) is 0 Å². The first-order valence-electron chi connectivity index (χ1n) is 4.97. The minimum Gasteiger partial charge on any atom is -0.383 e. The Hall–Kier alpha value is -1.37. The first kappa shape index (κ1) is 11.7. The van der Waals surface area contributed by atoms with Crippen molar-refractivity contribution in [2.45, 2.75) is 19.5 Å². The van der Waals surface area contributed by atoms with Crippen molar-refractivity contribution in [2.24, 2.45) is 0 Å². The van der Waals surface area contributed by atoms with Crippen molar-refractivity contribution in [2.75, 3.05) is 13.7 Å². The molecular weight excluding hydrogens is 188 g/mol. The van der Waals surface area contributed by atoms with Crippen molar-refractivity contribution >= 4 is 0 Å². The van der Waals surface area contributed by atoms with Gasteiger partial charge in [0.2, 0.25) is 0 Å². The van der Waals surface area contributed by atoms with Gasteiger partial charge in [0, 0.05) is 19.7 Å². The maximum atomic E-state index is 8.73. The Kier molecular flexibility index (Phi) is 4.82. The summed E-state index contributed by atoms with van der Waals surface area (Å²) >= 11 is 0. The van der Waals surface area contributed by atoms with Crippen LogP contribution >= 0.6 is 0 Å². The summed E-state index contributed by atoms with van der Waals surface area (Å²) in [4.78, 5) is 0. The molecule has 0 aliphatic carbocycles. The van der Waals surface area contributed by atoms with Crippen LogP contribution in [0.5, 0.6) is 0 Å². The van der Waals surface area contributed by atoms with E-state index in [9.17, 15) is 0 Å². The zero-order chi connectivity index (χ0) is 11.1. The van der Waals surface area contributed by atoms with Crippen LogP contribution in [0.2, 0.25) is 0 Å². The van der Waals surface area contributed by atoms with E-state index >= 15 is 0 Å². The van der Waals surface area contributed by atoms with Crippen LogP contribution in [0.15, 0.2) is 24.3 Å². The average molecular weight is 204 g/mol. The van der Waals surface area contributed by atoms with Crippen LogP contribution in [0.25, 0.3) is 0 Å². The van der Waals surface area contributed by atoms with Gasteiger partial charge in [0.1, 0.15) is 0 Å². The number of nitrogens with one attached hydrogen (secondary N) is 1. The quantitative estimate of drug-likeness (QED) is 0.793. The Morgan fingerprint density at radius 2 is 2.33 bits per heavy atom. The summed E-state index contributed by atoms with van der Waals surface area (Å²) in [5, 5.41) is 12.0. The molecule has 0 saturated heterocycles. The molecule has 1 aromatic rings. The molecule has 15 heavy (non-hydrogen) atoms. The van der Waals surface area contributed by atoms with Crippen molar-refractivity contribution in [3.8, 4) is 6.07 Å². The third kappa shape index (κ3) is 4.11. The van der Waals surface area contributed by atoms with E-state index in [1.54, 1.807) is 7.11 Å². The summed E-state index contributed by atoms with van der Waals surface area (Å²) in [6.45, 7) is 3.52. The lowest BCUT2D eigenvalue weighted by Gasteiger charge is -2.12. The van der Waals surface area contributed by atoms with Crippen LogP contribution in [-0.2, 0) is 11.3 Å². The van der Waals surface area contributed by atoms with E-state index in [0.29, 0.717) is 18.2 Å². The van der Waals surface area contributed by atoms with Crippen molar-refractivity contribution in [3.05, 3.63) is 35.4 Å². The first-order chi connectivity index (χ1) is 7.26. The van der Waals surface area contributed by atoms with Crippen LogP contribution in [0.1, 0.15) is 18.1 Å². The van der Waals surface area contributed by atoms with E-state index < -0.39 is 0 Å². The molecular formula is C12H16N2O. The van der Waals surface area contributed by atoms with Crippen molar-refractivity contribution < 1.29 is 4.74 Å². The molecule has 0 heterocycles. The Balaban J connectivity index is 2.47. The molecule has 3 heteroatoms. The summed E-state index contributed by atoms with van der Waals surface area (Å²) in [7, 11) is 1.69.